The molecule has 0 saturated carbocycles. The smallest absolute Gasteiger partial charge is 0.244 e. The molecule has 1 atom stereocenters. The zero-order valence-electron chi connectivity index (χ0n) is 15.8. The van der Waals surface area contributed by atoms with Crippen molar-refractivity contribution in [1.29, 1.82) is 0 Å². The number of halogens is 1. The van der Waals surface area contributed by atoms with Gasteiger partial charge in [-0.3, -0.25) is 9.69 Å². The average Bonchev–Trinajstić information content (AvgIpc) is 2.72. The summed E-state index contributed by atoms with van der Waals surface area (Å²) in [7, 11) is 0. The first-order chi connectivity index (χ1) is 13.1. The fourth-order valence-corrected chi connectivity index (χ4v) is 4.37. The Kier molecular flexibility index (Phi) is 5.37. The molecule has 1 saturated heterocycles. The van der Waals surface area contributed by atoms with Crippen LogP contribution in [0.3, 0.4) is 0 Å². The van der Waals surface area contributed by atoms with Crippen LogP contribution in [-0.2, 0) is 11.2 Å². The highest BCUT2D eigenvalue weighted by Crippen LogP contribution is 2.28. The number of carbonyl (C=O) groups excluding carboxylic acids is 1. The Morgan fingerprint density at radius 3 is 2.56 bits per heavy atom. The number of hydrogen-bond acceptors (Lipinski definition) is 3. The van der Waals surface area contributed by atoms with Gasteiger partial charge in [-0.05, 0) is 49.6 Å². The third-order valence-corrected chi connectivity index (χ3v) is 6.00. The maximum Gasteiger partial charge on any atom is 0.244 e. The van der Waals surface area contributed by atoms with Crippen LogP contribution in [-0.4, -0.2) is 49.6 Å². The molecular weight excluding hydrogens is 358 g/mol. The Morgan fingerprint density at radius 1 is 1.00 bits per heavy atom. The van der Waals surface area contributed by atoms with Crippen molar-refractivity contribution in [1.82, 2.24) is 4.90 Å². The molecule has 2 aromatic carbocycles. The molecule has 1 amide bonds. The summed E-state index contributed by atoms with van der Waals surface area (Å²) in [5.41, 5.74) is 3.54. The summed E-state index contributed by atoms with van der Waals surface area (Å²) in [6.45, 7) is 6.46. The fourth-order valence-electron chi connectivity index (χ4n) is 4.18. The van der Waals surface area contributed by atoms with Crippen molar-refractivity contribution in [3.63, 3.8) is 0 Å². The van der Waals surface area contributed by atoms with E-state index in [0.717, 1.165) is 62.0 Å². The van der Waals surface area contributed by atoms with E-state index in [9.17, 15) is 4.79 Å². The zero-order chi connectivity index (χ0) is 18.8. The highest BCUT2D eigenvalue weighted by Gasteiger charge is 2.31. The number of anilines is 2. The van der Waals surface area contributed by atoms with Crippen molar-refractivity contribution in [2.45, 2.75) is 25.8 Å². The number of fused-ring (bicyclic) bond motifs is 1. The van der Waals surface area contributed by atoms with Crippen molar-refractivity contribution < 1.29 is 4.79 Å². The Hall–Kier alpha value is -2.04. The normalized spacial score (nSPS) is 18.9. The number of aryl methyl sites for hydroxylation is 1. The molecule has 27 heavy (non-hydrogen) atoms. The molecule has 2 aliphatic rings. The van der Waals surface area contributed by atoms with Gasteiger partial charge in [-0.15, -0.1) is 0 Å². The van der Waals surface area contributed by atoms with E-state index in [2.05, 4.69) is 41.0 Å². The van der Waals surface area contributed by atoms with Gasteiger partial charge in [0.1, 0.15) is 0 Å². The largest absolute Gasteiger partial charge is 0.369 e. The van der Waals surface area contributed by atoms with Gasteiger partial charge in [0.2, 0.25) is 5.91 Å². The molecule has 4 nitrogen and oxygen atoms in total. The summed E-state index contributed by atoms with van der Waals surface area (Å²) in [5.74, 6) is 0.221. The molecule has 0 aliphatic carbocycles. The molecule has 0 radical (unpaired) electrons. The predicted octanol–water partition coefficient (Wildman–Crippen LogP) is 3.83. The SMILES string of the molecule is CC(C(=O)N1CCCc2ccccc21)N1CCN(c2cccc(Cl)c2)CC1. The summed E-state index contributed by atoms with van der Waals surface area (Å²) >= 11 is 6.12. The summed E-state index contributed by atoms with van der Waals surface area (Å²) in [5, 5.41) is 0.766. The summed E-state index contributed by atoms with van der Waals surface area (Å²) in [6.07, 6.45) is 2.10. The summed E-state index contributed by atoms with van der Waals surface area (Å²) < 4.78 is 0. The van der Waals surface area contributed by atoms with Crippen molar-refractivity contribution >= 4 is 28.9 Å². The second-order valence-electron chi connectivity index (χ2n) is 7.40. The Labute approximate surface area is 166 Å². The lowest BCUT2D eigenvalue weighted by molar-refractivity contribution is -0.123. The van der Waals surface area contributed by atoms with E-state index < -0.39 is 0 Å². The lowest BCUT2D eigenvalue weighted by Gasteiger charge is -2.40. The van der Waals surface area contributed by atoms with Crippen molar-refractivity contribution in [3.8, 4) is 0 Å². The van der Waals surface area contributed by atoms with Gasteiger partial charge in [-0.25, -0.2) is 0 Å². The number of amides is 1. The van der Waals surface area contributed by atoms with Crippen LogP contribution in [0.4, 0.5) is 11.4 Å². The van der Waals surface area contributed by atoms with Crippen LogP contribution >= 0.6 is 11.6 Å². The molecule has 0 bridgehead atoms. The first kappa shape index (κ1) is 18.3. The molecule has 2 heterocycles. The maximum absolute atomic E-state index is 13.2. The van der Waals surface area contributed by atoms with Gasteiger partial charge >= 0.3 is 0 Å². The first-order valence-corrected chi connectivity index (χ1v) is 10.1. The minimum atomic E-state index is -0.0994. The molecule has 1 fully saturated rings. The van der Waals surface area contributed by atoms with Crippen LogP contribution in [0, 0.1) is 0 Å². The second kappa shape index (κ2) is 7.91. The van der Waals surface area contributed by atoms with E-state index in [1.807, 2.05) is 29.2 Å². The number of hydrogen-bond donors (Lipinski definition) is 0. The fraction of sp³-hybridized carbons (Fsp3) is 0.409. The number of piperazine rings is 1. The minimum absolute atomic E-state index is 0.0994. The number of benzene rings is 2. The minimum Gasteiger partial charge on any atom is -0.369 e. The molecule has 0 aromatic heterocycles. The molecule has 5 heteroatoms. The Morgan fingerprint density at radius 2 is 1.78 bits per heavy atom. The standard InChI is InChI=1S/C22H26ClN3O/c1-17(22(27)26-11-5-7-18-6-2-3-10-21(18)26)24-12-14-25(15-13-24)20-9-4-8-19(23)16-20/h2-4,6,8-10,16-17H,5,7,11-15H2,1H3. The van der Waals surface area contributed by atoms with E-state index in [0.29, 0.717) is 0 Å². The van der Waals surface area contributed by atoms with Crippen molar-refractivity contribution in [3.05, 3.63) is 59.1 Å². The van der Waals surface area contributed by atoms with E-state index in [1.54, 1.807) is 0 Å². The van der Waals surface area contributed by atoms with Crippen LogP contribution in [0.5, 0.6) is 0 Å². The van der Waals surface area contributed by atoms with E-state index in [4.69, 9.17) is 11.6 Å². The number of rotatable bonds is 3. The lowest BCUT2D eigenvalue weighted by Crippen LogP contribution is -2.55. The van der Waals surface area contributed by atoms with E-state index in [1.165, 1.54) is 5.56 Å². The lowest BCUT2D eigenvalue weighted by atomic mass is 10.0. The molecule has 0 N–H and O–H groups in total. The second-order valence-corrected chi connectivity index (χ2v) is 7.84. The van der Waals surface area contributed by atoms with Crippen molar-refractivity contribution in [2.24, 2.45) is 0 Å². The van der Waals surface area contributed by atoms with Crippen LogP contribution in [0.2, 0.25) is 5.02 Å². The Bertz CT molecular complexity index is 817. The zero-order valence-corrected chi connectivity index (χ0v) is 16.5. The molecule has 142 valence electrons. The highest BCUT2D eigenvalue weighted by atomic mass is 35.5. The number of carbonyl (C=O) groups is 1. The monoisotopic (exact) mass is 383 g/mol. The highest BCUT2D eigenvalue weighted by molar-refractivity contribution is 6.30. The van der Waals surface area contributed by atoms with Gasteiger partial charge in [-0.2, -0.15) is 0 Å². The van der Waals surface area contributed by atoms with Gasteiger partial charge in [-0.1, -0.05) is 35.9 Å². The van der Waals surface area contributed by atoms with Gasteiger partial charge in [0.25, 0.3) is 0 Å². The van der Waals surface area contributed by atoms with E-state index in [-0.39, 0.29) is 11.9 Å². The van der Waals surface area contributed by atoms with Crippen LogP contribution in [0.1, 0.15) is 18.9 Å². The maximum atomic E-state index is 13.2. The van der Waals surface area contributed by atoms with Crippen LogP contribution in [0.15, 0.2) is 48.5 Å². The average molecular weight is 384 g/mol. The number of nitrogens with zero attached hydrogens (tertiary/aromatic N) is 3. The molecule has 2 aliphatic heterocycles. The van der Waals surface area contributed by atoms with Crippen LogP contribution < -0.4 is 9.80 Å². The van der Waals surface area contributed by atoms with Gasteiger partial charge in [0.15, 0.2) is 0 Å². The molecule has 0 spiro atoms. The quantitative estimate of drug-likeness (QED) is 0.805. The molecule has 1 unspecified atom stereocenters. The molecular formula is C22H26ClN3O. The van der Waals surface area contributed by atoms with Gasteiger partial charge in [0.05, 0.1) is 6.04 Å². The van der Waals surface area contributed by atoms with Crippen LogP contribution in [0.25, 0.3) is 0 Å². The summed E-state index contributed by atoms with van der Waals surface area (Å²) in [4.78, 5) is 19.9. The predicted molar refractivity (Wildman–Crippen MR) is 112 cm³/mol. The topological polar surface area (TPSA) is 26.8 Å². The van der Waals surface area contributed by atoms with Crippen molar-refractivity contribution in [2.75, 3.05) is 42.5 Å². The molecule has 2 aromatic rings. The summed E-state index contributed by atoms with van der Waals surface area (Å²) in [6, 6.07) is 16.2. The van der Waals surface area contributed by atoms with Gasteiger partial charge in [0, 0.05) is 49.1 Å². The number of para-hydroxylation sites is 1. The molecule has 4 rings (SSSR count). The third-order valence-electron chi connectivity index (χ3n) is 5.77. The first-order valence-electron chi connectivity index (χ1n) is 9.77. The Balaban J connectivity index is 1.41. The third kappa shape index (κ3) is 3.83. The van der Waals surface area contributed by atoms with E-state index >= 15 is 0 Å². The van der Waals surface area contributed by atoms with Gasteiger partial charge < -0.3 is 9.80 Å².